The molecule has 0 spiro atoms. The molecule has 1 saturated heterocycles. The number of morpholine rings is 1. The summed E-state index contributed by atoms with van der Waals surface area (Å²) in [5, 5.41) is 11.3. The third-order valence-corrected chi connectivity index (χ3v) is 1.65. The standard InChI is InChI=1S/C6H13NO4/c8-11-10-6-3-7-1-4-9-5-2-7/h8H,1-6H2. The van der Waals surface area contributed by atoms with Crippen LogP contribution >= 0.6 is 0 Å². The SMILES string of the molecule is OOOCCN1CCOCC1. The molecule has 5 nitrogen and oxygen atoms in total. The average Bonchev–Trinajstić information content (AvgIpc) is 2.07. The summed E-state index contributed by atoms with van der Waals surface area (Å²) in [6, 6.07) is 0. The van der Waals surface area contributed by atoms with Gasteiger partial charge in [0.1, 0.15) is 0 Å². The molecule has 1 aliphatic rings. The Balaban J connectivity index is 1.96. The molecule has 0 aromatic carbocycles. The normalized spacial score (nSPS) is 20.5. The smallest absolute Gasteiger partial charge is 0.0980 e. The molecular weight excluding hydrogens is 150 g/mol. The van der Waals surface area contributed by atoms with Crippen molar-refractivity contribution in [2.24, 2.45) is 0 Å². The molecule has 0 radical (unpaired) electrons. The minimum absolute atomic E-state index is 0.385. The van der Waals surface area contributed by atoms with E-state index in [1.807, 2.05) is 0 Å². The number of ether oxygens (including phenoxy) is 1. The predicted octanol–water partition coefficient (Wildman–Crippen LogP) is -0.260. The van der Waals surface area contributed by atoms with E-state index in [-0.39, 0.29) is 0 Å². The summed E-state index contributed by atoms with van der Waals surface area (Å²) in [4.78, 5) is 6.49. The summed E-state index contributed by atoms with van der Waals surface area (Å²) in [5.74, 6) is 0. The molecule has 0 aromatic heterocycles. The van der Waals surface area contributed by atoms with Gasteiger partial charge in [-0.05, 0) is 0 Å². The third kappa shape index (κ3) is 3.64. The quantitative estimate of drug-likeness (QED) is 0.351. The first-order valence-electron chi connectivity index (χ1n) is 3.66. The van der Waals surface area contributed by atoms with E-state index in [2.05, 4.69) is 14.8 Å². The van der Waals surface area contributed by atoms with Crippen LogP contribution in [0.4, 0.5) is 0 Å². The summed E-state index contributed by atoms with van der Waals surface area (Å²) in [6.45, 7) is 4.56. The fraction of sp³-hybridized carbons (Fsp3) is 1.00. The summed E-state index contributed by atoms with van der Waals surface area (Å²) < 4.78 is 5.14. The van der Waals surface area contributed by atoms with Crippen molar-refractivity contribution in [3.8, 4) is 0 Å². The Morgan fingerprint density at radius 3 is 2.73 bits per heavy atom. The minimum Gasteiger partial charge on any atom is -0.379 e. The van der Waals surface area contributed by atoms with E-state index < -0.39 is 0 Å². The summed E-state index contributed by atoms with van der Waals surface area (Å²) in [7, 11) is 0. The van der Waals surface area contributed by atoms with Crippen LogP contribution in [-0.4, -0.2) is 49.6 Å². The highest BCUT2D eigenvalue weighted by Gasteiger charge is 2.09. The van der Waals surface area contributed by atoms with E-state index in [1.165, 1.54) is 0 Å². The molecule has 0 bridgehead atoms. The van der Waals surface area contributed by atoms with Gasteiger partial charge < -0.3 is 4.74 Å². The van der Waals surface area contributed by atoms with Crippen molar-refractivity contribution in [3.05, 3.63) is 0 Å². The van der Waals surface area contributed by atoms with Crippen LogP contribution in [0.15, 0.2) is 0 Å². The molecule has 1 aliphatic heterocycles. The van der Waals surface area contributed by atoms with Crippen LogP contribution in [0.5, 0.6) is 0 Å². The van der Waals surface area contributed by atoms with E-state index in [1.54, 1.807) is 0 Å². The number of hydrogen-bond acceptors (Lipinski definition) is 5. The van der Waals surface area contributed by atoms with Crippen molar-refractivity contribution in [3.63, 3.8) is 0 Å². The minimum atomic E-state index is 0.385. The zero-order valence-electron chi connectivity index (χ0n) is 6.36. The van der Waals surface area contributed by atoms with Crippen LogP contribution in [0.2, 0.25) is 0 Å². The fourth-order valence-electron chi connectivity index (χ4n) is 1.03. The Labute approximate surface area is 65.3 Å². The lowest BCUT2D eigenvalue weighted by molar-refractivity contribution is -0.490. The van der Waals surface area contributed by atoms with E-state index in [4.69, 9.17) is 9.99 Å². The van der Waals surface area contributed by atoms with Gasteiger partial charge in [-0.25, -0.2) is 10.1 Å². The van der Waals surface area contributed by atoms with Gasteiger partial charge in [-0.15, -0.1) is 0 Å². The Morgan fingerprint density at radius 2 is 2.09 bits per heavy atom. The van der Waals surface area contributed by atoms with Crippen LogP contribution in [0.1, 0.15) is 0 Å². The maximum absolute atomic E-state index is 7.83. The van der Waals surface area contributed by atoms with Crippen molar-refractivity contribution in [1.29, 1.82) is 0 Å². The van der Waals surface area contributed by atoms with Gasteiger partial charge in [0.25, 0.3) is 0 Å². The Morgan fingerprint density at radius 1 is 1.36 bits per heavy atom. The topological polar surface area (TPSA) is 51.2 Å². The van der Waals surface area contributed by atoms with Gasteiger partial charge >= 0.3 is 0 Å². The zero-order chi connectivity index (χ0) is 7.94. The van der Waals surface area contributed by atoms with Crippen molar-refractivity contribution >= 4 is 0 Å². The third-order valence-electron chi connectivity index (χ3n) is 1.65. The second-order valence-electron chi connectivity index (χ2n) is 2.35. The molecule has 1 N–H and O–H groups in total. The lowest BCUT2D eigenvalue weighted by Crippen LogP contribution is -2.38. The van der Waals surface area contributed by atoms with Gasteiger partial charge in [0.2, 0.25) is 0 Å². The summed E-state index contributed by atoms with van der Waals surface area (Å²) in [5.41, 5.74) is 0. The summed E-state index contributed by atoms with van der Waals surface area (Å²) >= 11 is 0. The van der Waals surface area contributed by atoms with Gasteiger partial charge in [-0.3, -0.25) is 4.90 Å². The number of hydrogen-bond donors (Lipinski definition) is 1. The fourth-order valence-corrected chi connectivity index (χ4v) is 1.03. The van der Waals surface area contributed by atoms with Crippen LogP contribution in [0, 0.1) is 0 Å². The highest BCUT2D eigenvalue weighted by atomic mass is 17.5. The van der Waals surface area contributed by atoms with Crippen LogP contribution in [0.25, 0.3) is 0 Å². The molecule has 0 amide bonds. The van der Waals surface area contributed by atoms with Crippen LogP contribution in [-0.2, 0) is 14.7 Å². The number of rotatable bonds is 4. The van der Waals surface area contributed by atoms with E-state index in [0.29, 0.717) is 6.61 Å². The lowest BCUT2D eigenvalue weighted by atomic mass is 10.4. The highest BCUT2D eigenvalue weighted by Crippen LogP contribution is 1.95. The van der Waals surface area contributed by atoms with Crippen molar-refractivity contribution in [2.45, 2.75) is 0 Å². The first-order valence-corrected chi connectivity index (χ1v) is 3.66. The van der Waals surface area contributed by atoms with Crippen molar-refractivity contribution in [1.82, 2.24) is 4.90 Å². The predicted molar refractivity (Wildman–Crippen MR) is 36.9 cm³/mol. The van der Waals surface area contributed by atoms with Crippen LogP contribution in [0.3, 0.4) is 0 Å². The molecule has 0 atom stereocenters. The Hall–Kier alpha value is -0.200. The molecule has 5 heteroatoms. The molecule has 0 aliphatic carbocycles. The Kier molecular flexibility index (Phi) is 4.41. The molecule has 0 unspecified atom stereocenters. The molecule has 1 fully saturated rings. The summed E-state index contributed by atoms with van der Waals surface area (Å²) in [6.07, 6.45) is 0. The van der Waals surface area contributed by atoms with Crippen molar-refractivity contribution < 1.29 is 19.9 Å². The molecule has 1 heterocycles. The van der Waals surface area contributed by atoms with Gasteiger partial charge in [-0.2, -0.15) is 0 Å². The first-order chi connectivity index (χ1) is 5.43. The first kappa shape index (κ1) is 8.89. The van der Waals surface area contributed by atoms with E-state index in [9.17, 15) is 0 Å². The van der Waals surface area contributed by atoms with Gasteiger partial charge in [0, 0.05) is 19.6 Å². The molecule has 0 aromatic rings. The van der Waals surface area contributed by atoms with Crippen LogP contribution < -0.4 is 0 Å². The maximum atomic E-state index is 7.83. The second-order valence-corrected chi connectivity index (χ2v) is 2.35. The largest absolute Gasteiger partial charge is 0.379 e. The zero-order valence-corrected chi connectivity index (χ0v) is 6.36. The maximum Gasteiger partial charge on any atom is 0.0980 e. The van der Waals surface area contributed by atoms with E-state index >= 15 is 0 Å². The van der Waals surface area contributed by atoms with Gasteiger partial charge in [0.05, 0.1) is 19.8 Å². The van der Waals surface area contributed by atoms with Gasteiger partial charge in [-0.1, -0.05) is 5.04 Å². The second kappa shape index (κ2) is 5.45. The van der Waals surface area contributed by atoms with E-state index in [0.717, 1.165) is 32.8 Å². The number of nitrogens with zero attached hydrogens (tertiary/aromatic N) is 1. The average molecular weight is 163 g/mol. The molecular formula is C6H13NO4. The molecule has 66 valence electrons. The lowest BCUT2D eigenvalue weighted by Gasteiger charge is -2.25. The monoisotopic (exact) mass is 163 g/mol. The molecule has 0 saturated carbocycles. The molecule has 1 rings (SSSR count). The van der Waals surface area contributed by atoms with Crippen molar-refractivity contribution in [2.75, 3.05) is 39.5 Å². The molecule has 11 heavy (non-hydrogen) atoms. The Bertz CT molecular complexity index is 94.6. The van der Waals surface area contributed by atoms with Gasteiger partial charge in [0.15, 0.2) is 0 Å². The highest BCUT2D eigenvalue weighted by molar-refractivity contribution is 4.60.